The Morgan fingerprint density at radius 1 is 1.22 bits per heavy atom. The Bertz CT molecular complexity index is 1050. The lowest BCUT2D eigenvalue weighted by molar-refractivity contribution is -0.398. The van der Waals surface area contributed by atoms with Crippen molar-refractivity contribution < 1.29 is 19.9 Å². The Hall–Kier alpha value is -3.52. The Morgan fingerprint density at radius 3 is 2.59 bits per heavy atom. The minimum atomic E-state index is -0.751. The summed E-state index contributed by atoms with van der Waals surface area (Å²) in [6.45, 7) is 1.72. The predicted octanol–water partition coefficient (Wildman–Crippen LogP) is 3.70. The first-order chi connectivity index (χ1) is 12.8. The molecule has 0 aliphatic heterocycles. The van der Waals surface area contributed by atoms with E-state index in [4.69, 9.17) is 0 Å². The number of aromatic nitrogens is 1. The van der Waals surface area contributed by atoms with Crippen LogP contribution in [-0.4, -0.2) is 20.8 Å². The fourth-order valence-electron chi connectivity index (χ4n) is 2.38. The summed E-state index contributed by atoms with van der Waals surface area (Å²) >= 11 is 1.22. The lowest BCUT2D eigenvalue weighted by Gasteiger charge is -2.06. The topological polar surface area (TPSA) is 116 Å². The lowest BCUT2D eigenvalue weighted by Crippen LogP contribution is -1.98. The van der Waals surface area contributed by atoms with Crippen LogP contribution in [0.5, 0.6) is 11.5 Å². The third-order valence-corrected chi connectivity index (χ3v) is 4.96. The Morgan fingerprint density at radius 2 is 1.93 bits per heavy atom. The molecule has 27 heavy (non-hydrogen) atoms. The average molecular weight is 381 g/mol. The molecule has 7 nitrogen and oxygen atoms in total. The summed E-state index contributed by atoms with van der Waals surface area (Å²) in [5, 5.41) is 32.3. The molecule has 0 fully saturated rings. The summed E-state index contributed by atoms with van der Waals surface area (Å²) in [5.41, 5.74) is 1.20. The SMILES string of the molecule is Cc1nc(-c2ccc(O)cc2)sc1C(=O)/C=C/c1ccc([O-])c([N+](=O)[O-])c1. The number of rotatable bonds is 5. The van der Waals surface area contributed by atoms with Crippen molar-refractivity contribution in [3.05, 3.63) is 74.8 Å². The molecule has 0 aliphatic rings. The second kappa shape index (κ2) is 7.38. The second-order valence-corrected chi connectivity index (χ2v) is 6.66. The minimum Gasteiger partial charge on any atom is -0.868 e. The lowest BCUT2D eigenvalue weighted by atomic mass is 10.1. The summed E-state index contributed by atoms with van der Waals surface area (Å²) in [6, 6.07) is 10.2. The molecule has 0 spiro atoms. The molecule has 0 saturated carbocycles. The van der Waals surface area contributed by atoms with E-state index in [0.29, 0.717) is 21.1 Å². The van der Waals surface area contributed by atoms with Gasteiger partial charge in [-0.1, -0.05) is 18.2 Å². The van der Waals surface area contributed by atoms with Crippen molar-refractivity contribution in [1.29, 1.82) is 0 Å². The number of nitro groups is 1. The molecule has 0 atom stereocenters. The van der Waals surface area contributed by atoms with Crippen molar-refractivity contribution in [3.63, 3.8) is 0 Å². The number of aromatic hydroxyl groups is 1. The van der Waals surface area contributed by atoms with Crippen LogP contribution < -0.4 is 5.11 Å². The summed E-state index contributed by atoms with van der Waals surface area (Å²) in [4.78, 5) is 27.4. The van der Waals surface area contributed by atoms with Gasteiger partial charge < -0.3 is 10.2 Å². The Balaban J connectivity index is 1.84. The van der Waals surface area contributed by atoms with Crippen LogP contribution in [-0.2, 0) is 0 Å². The number of carbonyl (C=O) groups is 1. The van der Waals surface area contributed by atoms with Crippen molar-refractivity contribution in [3.8, 4) is 22.1 Å². The smallest absolute Gasteiger partial charge is 0.262 e. The highest BCUT2D eigenvalue weighted by molar-refractivity contribution is 7.17. The van der Waals surface area contributed by atoms with Crippen LogP contribution in [0.2, 0.25) is 0 Å². The summed E-state index contributed by atoms with van der Waals surface area (Å²) in [7, 11) is 0. The van der Waals surface area contributed by atoms with Gasteiger partial charge in [-0.25, -0.2) is 4.98 Å². The van der Waals surface area contributed by atoms with Crippen molar-refractivity contribution >= 4 is 28.9 Å². The summed E-state index contributed by atoms with van der Waals surface area (Å²) < 4.78 is 0. The maximum Gasteiger partial charge on any atom is 0.262 e. The largest absolute Gasteiger partial charge is 0.868 e. The minimum absolute atomic E-state index is 0.143. The van der Waals surface area contributed by atoms with Crippen molar-refractivity contribution in [2.45, 2.75) is 6.92 Å². The van der Waals surface area contributed by atoms with Crippen LogP contribution in [0.4, 0.5) is 5.69 Å². The number of allylic oxidation sites excluding steroid dienone is 1. The molecule has 3 aromatic rings. The molecule has 0 saturated heterocycles. The van der Waals surface area contributed by atoms with Crippen LogP contribution in [0.1, 0.15) is 20.9 Å². The van der Waals surface area contributed by atoms with E-state index < -0.39 is 16.4 Å². The molecular formula is C19H13N2O5S-. The molecule has 1 N–H and O–H groups in total. The van der Waals surface area contributed by atoms with Gasteiger partial charge in [0.05, 0.1) is 15.5 Å². The third kappa shape index (κ3) is 4.01. The molecule has 8 heteroatoms. The Kier molecular flexibility index (Phi) is 5.00. The van der Waals surface area contributed by atoms with E-state index in [-0.39, 0.29) is 11.5 Å². The number of ketones is 1. The number of phenolic OH excluding ortho intramolecular Hbond substituents is 1. The van der Waals surface area contributed by atoms with Crippen LogP contribution in [0.25, 0.3) is 16.6 Å². The van der Waals surface area contributed by atoms with Gasteiger partial charge in [-0.15, -0.1) is 11.3 Å². The van der Waals surface area contributed by atoms with Crippen molar-refractivity contribution in [2.75, 3.05) is 0 Å². The number of nitro benzene ring substituents is 1. The predicted molar refractivity (Wildman–Crippen MR) is 99.9 cm³/mol. The number of aryl methyl sites for hydroxylation is 1. The standard InChI is InChI=1S/C19H14N2O5S/c1-11-18(27-19(20-11)13-4-6-14(22)7-5-13)17(24)9-3-12-2-8-16(23)15(10-12)21(25)26/h2-10,22-23H,1H3/p-1/b9-3+. The number of benzene rings is 2. The molecule has 0 bridgehead atoms. The number of phenols is 1. The molecule has 1 aromatic heterocycles. The fourth-order valence-corrected chi connectivity index (χ4v) is 3.37. The molecule has 3 rings (SSSR count). The highest BCUT2D eigenvalue weighted by atomic mass is 32.1. The van der Waals surface area contributed by atoms with Gasteiger partial charge in [0.1, 0.15) is 10.8 Å². The van der Waals surface area contributed by atoms with Gasteiger partial charge in [-0.3, -0.25) is 14.9 Å². The van der Waals surface area contributed by atoms with E-state index in [2.05, 4.69) is 4.98 Å². The number of hydrogen-bond donors (Lipinski definition) is 1. The zero-order valence-corrected chi connectivity index (χ0v) is 14.9. The molecular weight excluding hydrogens is 368 g/mol. The van der Waals surface area contributed by atoms with E-state index in [1.54, 1.807) is 31.2 Å². The third-order valence-electron chi connectivity index (χ3n) is 3.74. The summed E-state index contributed by atoms with van der Waals surface area (Å²) in [5.74, 6) is -0.825. The van der Waals surface area contributed by atoms with E-state index >= 15 is 0 Å². The van der Waals surface area contributed by atoms with Gasteiger partial charge >= 0.3 is 0 Å². The first-order valence-electron chi connectivity index (χ1n) is 7.80. The van der Waals surface area contributed by atoms with E-state index in [0.717, 1.165) is 17.7 Å². The van der Waals surface area contributed by atoms with Crippen LogP contribution in [0, 0.1) is 17.0 Å². The van der Waals surface area contributed by atoms with Gasteiger partial charge in [0.25, 0.3) is 5.69 Å². The monoisotopic (exact) mass is 381 g/mol. The Labute approximate surface area is 158 Å². The van der Waals surface area contributed by atoms with Crippen LogP contribution in [0.15, 0.2) is 48.5 Å². The highest BCUT2D eigenvalue weighted by Gasteiger charge is 2.14. The quantitative estimate of drug-likeness (QED) is 0.312. The number of hydrogen-bond acceptors (Lipinski definition) is 7. The first-order valence-corrected chi connectivity index (χ1v) is 8.61. The zero-order chi connectivity index (χ0) is 19.6. The van der Waals surface area contributed by atoms with Crippen molar-refractivity contribution in [1.82, 2.24) is 4.98 Å². The van der Waals surface area contributed by atoms with Gasteiger partial charge in [-0.05, 0) is 48.6 Å². The zero-order valence-electron chi connectivity index (χ0n) is 14.1. The van der Waals surface area contributed by atoms with E-state index in [1.807, 2.05) is 0 Å². The number of thiazole rings is 1. The first kappa shape index (κ1) is 18.3. The second-order valence-electron chi connectivity index (χ2n) is 5.66. The fraction of sp³-hybridized carbons (Fsp3) is 0.0526. The summed E-state index contributed by atoms with van der Waals surface area (Å²) in [6.07, 6.45) is 2.72. The van der Waals surface area contributed by atoms with Crippen molar-refractivity contribution in [2.24, 2.45) is 0 Å². The van der Waals surface area contributed by atoms with Gasteiger partial charge in [0.15, 0.2) is 5.78 Å². The molecule has 136 valence electrons. The molecule has 1 heterocycles. The highest BCUT2D eigenvalue weighted by Crippen LogP contribution is 2.30. The molecule has 0 aliphatic carbocycles. The number of nitrogens with zero attached hydrogens (tertiary/aromatic N) is 2. The van der Waals surface area contributed by atoms with Crippen LogP contribution >= 0.6 is 11.3 Å². The van der Waals surface area contributed by atoms with Gasteiger partial charge in [0, 0.05) is 11.6 Å². The number of carbonyl (C=O) groups excluding carboxylic acids is 1. The average Bonchev–Trinajstić information content (AvgIpc) is 3.03. The maximum absolute atomic E-state index is 12.5. The van der Waals surface area contributed by atoms with Gasteiger partial charge in [-0.2, -0.15) is 0 Å². The van der Waals surface area contributed by atoms with Crippen LogP contribution in [0.3, 0.4) is 0 Å². The normalized spacial score (nSPS) is 11.0. The maximum atomic E-state index is 12.5. The van der Waals surface area contributed by atoms with E-state index in [1.165, 1.54) is 29.6 Å². The molecule has 0 unspecified atom stereocenters. The van der Waals surface area contributed by atoms with Gasteiger partial charge in [0.2, 0.25) is 0 Å². The van der Waals surface area contributed by atoms with E-state index in [9.17, 15) is 25.1 Å². The molecule has 0 radical (unpaired) electrons. The molecule has 0 amide bonds. The molecule has 2 aromatic carbocycles.